The molecule has 3 nitrogen and oxygen atoms in total. The zero-order valence-corrected chi connectivity index (χ0v) is 19.0. The number of nitrogens with zero attached hydrogens (tertiary/aromatic N) is 1. The maximum atomic E-state index is 10.9. The van der Waals surface area contributed by atoms with Crippen LogP contribution in [0.5, 0.6) is 0 Å². The molecule has 3 heteroatoms. The van der Waals surface area contributed by atoms with Crippen LogP contribution < -0.4 is 0 Å². The summed E-state index contributed by atoms with van der Waals surface area (Å²) >= 11 is 0. The van der Waals surface area contributed by atoms with Crippen molar-refractivity contribution in [1.29, 1.82) is 0 Å². The van der Waals surface area contributed by atoms with Crippen molar-refractivity contribution in [3.8, 4) is 22.4 Å². The van der Waals surface area contributed by atoms with Gasteiger partial charge in [0.25, 0.3) is 0 Å². The van der Waals surface area contributed by atoms with E-state index in [0.29, 0.717) is 6.42 Å². The molecule has 166 valence electrons. The van der Waals surface area contributed by atoms with Crippen LogP contribution in [0.4, 0.5) is 0 Å². The second kappa shape index (κ2) is 12.6. The average Bonchev–Trinajstić information content (AvgIpc) is 2.81. The minimum atomic E-state index is -0.0906. The summed E-state index contributed by atoms with van der Waals surface area (Å²) in [5.74, 6) is 0.120. The maximum Gasteiger partial charge on any atom is 0.155 e. The first-order chi connectivity index (χ1) is 15.6. The van der Waals surface area contributed by atoms with Crippen molar-refractivity contribution in [2.45, 2.75) is 58.3 Å². The maximum absolute atomic E-state index is 10.9. The lowest BCUT2D eigenvalue weighted by atomic mass is 9.99. The van der Waals surface area contributed by atoms with Gasteiger partial charge in [-0.15, -0.1) is 0 Å². The third kappa shape index (κ3) is 7.81. The second-order valence-corrected chi connectivity index (χ2v) is 8.36. The van der Waals surface area contributed by atoms with Crippen molar-refractivity contribution < 1.29 is 9.90 Å². The number of pyridine rings is 1. The summed E-state index contributed by atoms with van der Waals surface area (Å²) in [6.45, 7) is 1.46. The van der Waals surface area contributed by atoms with Crippen LogP contribution in [0.3, 0.4) is 0 Å². The molecule has 0 aliphatic carbocycles. The number of aryl methyl sites for hydroxylation is 1. The fourth-order valence-electron chi connectivity index (χ4n) is 3.93. The minimum absolute atomic E-state index is 0.0906. The first kappa shape index (κ1) is 23.5. The third-order valence-corrected chi connectivity index (χ3v) is 5.61. The van der Waals surface area contributed by atoms with Crippen LogP contribution in [-0.2, 0) is 11.2 Å². The lowest BCUT2D eigenvalue weighted by Gasteiger charge is -2.08. The van der Waals surface area contributed by atoms with Gasteiger partial charge >= 0.3 is 0 Å². The molecule has 3 rings (SSSR count). The van der Waals surface area contributed by atoms with Crippen molar-refractivity contribution in [2.24, 2.45) is 0 Å². The molecular weight excluding hydrogens is 394 g/mol. The molecule has 0 spiro atoms. The third-order valence-electron chi connectivity index (χ3n) is 5.61. The summed E-state index contributed by atoms with van der Waals surface area (Å²) in [7, 11) is 0. The Morgan fingerprint density at radius 1 is 0.812 bits per heavy atom. The SMILES string of the molecule is CC(=O)C=C(O)CCCCCCCCc1cccc(-c2ccnc(-c3ccccc3)c2)c1. The van der Waals surface area contributed by atoms with Gasteiger partial charge in [-0.05, 0) is 55.0 Å². The highest BCUT2D eigenvalue weighted by atomic mass is 16.3. The molecule has 32 heavy (non-hydrogen) atoms. The topological polar surface area (TPSA) is 50.2 Å². The lowest BCUT2D eigenvalue weighted by molar-refractivity contribution is -0.112. The minimum Gasteiger partial charge on any atom is -0.512 e. The predicted molar refractivity (Wildman–Crippen MR) is 133 cm³/mol. The molecule has 0 amide bonds. The number of hydrogen-bond acceptors (Lipinski definition) is 3. The molecule has 0 fully saturated rings. The second-order valence-electron chi connectivity index (χ2n) is 8.36. The van der Waals surface area contributed by atoms with Crippen molar-refractivity contribution in [2.75, 3.05) is 0 Å². The number of carbonyl (C=O) groups is 1. The van der Waals surface area contributed by atoms with Gasteiger partial charge in [0, 0.05) is 24.3 Å². The van der Waals surface area contributed by atoms with Gasteiger partial charge in [0.2, 0.25) is 0 Å². The Bertz CT molecular complexity index is 1020. The molecule has 1 N–H and O–H groups in total. The normalized spacial score (nSPS) is 11.5. The number of aromatic nitrogens is 1. The smallest absolute Gasteiger partial charge is 0.155 e. The van der Waals surface area contributed by atoms with E-state index in [4.69, 9.17) is 0 Å². The van der Waals surface area contributed by atoms with Crippen molar-refractivity contribution in [3.05, 3.63) is 90.3 Å². The Kier molecular flexibility index (Phi) is 9.24. The van der Waals surface area contributed by atoms with Gasteiger partial charge in [-0.1, -0.05) is 80.3 Å². The highest BCUT2D eigenvalue weighted by Crippen LogP contribution is 2.25. The first-order valence-electron chi connectivity index (χ1n) is 11.6. The summed E-state index contributed by atoms with van der Waals surface area (Å²) in [4.78, 5) is 15.5. The zero-order chi connectivity index (χ0) is 22.6. The molecule has 0 aliphatic rings. The monoisotopic (exact) mass is 427 g/mol. The Morgan fingerprint density at radius 3 is 2.28 bits per heavy atom. The molecule has 0 saturated heterocycles. The quantitative estimate of drug-likeness (QED) is 0.183. The van der Waals surface area contributed by atoms with Gasteiger partial charge in [0.15, 0.2) is 5.78 Å². The molecule has 0 aliphatic heterocycles. The standard InChI is InChI=1S/C29H33NO2/c1-23(31)20-28(32)17-10-5-3-2-4-7-12-24-13-11-16-26(21-24)27-18-19-30-29(22-27)25-14-8-6-9-15-25/h6,8-9,11,13-16,18-22,32H,2-5,7,10,12,17H2,1H3. The van der Waals surface area contributed by atoms with Crippen molar-refractivity contribution >= 4 is 5.78 Å². The van der Waals surface area contributed by atoms with Crippen LogP contribution >= 0.6 is 0 Å². The van der Waals surface area contributed by atoms with Gasteiger partial charge in [-0.25, -0.2) is 0 Å². The van der Waals surface area contributed by atoms with E-state index < -0.39 is 0 Å². The van der Waals surface area contributed by atoms with Gasteiger partial charge in [0.1, 0.15) is 0 Å². The molecule has 3 aromatic rings. The molecule has 0 radical (unpaired) electrons. The fourth-order valence-corrected chi connectivity index (χ4v) is 3.93. The van der Waals surface area contributed by atoms with Crippen LogP contribution in [-0.4, -0.2) is 15.9 Å². The van der Waals surface area contributed by atoms with E-state index in [1.54, 1.807) is 0 Å². The first-order valence-corrected chi connectivity index (χ1v) is 11.6. The van der Waals surface area contributed by atoms with Gasteiger partial charge < -0.3 is 5.11 Å². The molecule has 0 bridgehead atoms. The number of unbranched alkanes of at least 4 members (excludes halogenated alkanes) is 5. The largest absolute Gasteiger partial charge is 0.512 e. The van der Waals surface area contributed by atoms with E-state index in [0.717, 1.165) is 30.5 Å². The molecule has 0 unspecified atom stereocenters. The number of allylic oxidation sites excluding steroid dienone is 2. The lowest BCUT2D eigenvalue weighted by Crippen LogP contribution is -1.90. The number of hydrogen-bond donors (Lipinski definition) is 1. The van der Waals surface area contributed by atoms with Crippen molar-refractivity contribution in [3.63, 3.8) is 0 Å². The Hall–Kier alpha value is -3.20. The fraction of sp³-hybridized carbons (Fsp3) is 0.310. The molecular formula is C29H33NO2. The number of ketones is 1. The van der Waals surface area contributed by atoms with E-state index in [-0.39, 0.29) is 11.5 Å². The van der Waals surface area contributed by atoms with E-state index in [1.165, 1.54) is 55.4 Å². The molecule has 1 heterocycles. The Balaban J connectivity index is 1.44. The number of benzene rings is 2. The van der Waals surface area contributed by atoms with E-state index in [9.17, 15) is 9.90 Å². The Morgan fingerprint density at radius 2 is 1.50 bits per heavy atom. The molecule has 1 aromatic heterocycles. The van der Waals surface area contributed by atoms with Crippen LogP contribution in [0.15, 0.2) is 84.8 Å². The van der Waals surface area contributed by atoms with Crippen molar-refractivity contribution in [1.82, 2.24) is 4.98 Å². The molecule has 0 saturated carbocycles. The molecule has 0 atom stereocenters. The summed E-state index contributed by atoms with van der Waals surface area (Å²) in [6.07, 6.45) is 11.7. The average molecular weight is 428 g/mol. The van der Waals surface area contributed by atoms with Crippen LogP contribution in [0.1, 0.15) is 57.4 Å². The highest BCUT2D eigenvalue weighted by molar-refractivity contribution is 5.87. The van der Waals surface area contributed by atoms with E-state index >= 15 is 0 Å². The van der Waals surface area contributed by atoms with Crippen LogP contribution in [0, 0.1) is 0 Å². The Labute approximate surface area is 191 Å². The molecule has 2 aromatic carbocycles. The van der Waals surface area contributed by atoms with Crippen LogP contribution in [0.2, 0.25) is 0 Å². The highest BCUT2D eigenvalue weighted by Gasteiger charge is 2.04. The van der Waals surface area contributed by atoms with E-state index in [1.807, 2.05) is 24.4 Å². The van der Waals surface area contributed by atoms with E-state index in [2.05, 4.69) is 53.5 Å². The van der Waals surface area contributed by atoms with Gasteiger partial charge in [-0.2, -0.15) is 0 Å². The zero-order valence-electron chi connectivity index (χ0n) is 19.0. The van der Waals surface area contributed by atoms with Gasteiger partial charge in [-0.3, -0.25) is 9.78 Å². The predicted octanol–water partition coefficient (Wildman–Crippen LogP) is 7.72. The summed E-state index contributed by atoms with van der Waals surface area (Å²) in [6, 6.07) is 23.4. The number of rotatable bonds is 12. The summed E-state index contributed by atoms with van der Waals surface area (Å²) < 4.78 is 0. The number of aliphatic hydroxyl groups is 1. The number of carbonyl (C=O) groups excluding carboxylic acids is 1. The summed E-state index contributed by atoms with van der Waals surface area (Å²) in [5, 5.41) is 9.60. The van der Waals surface area contributed by atoms with Crippen LogP contribution in [0.25, 0.3) is 22.4 Å². The number of aliphatic hydroxyl groups excluding tert-OH is 1. The van der Waals surface area contributed by atoms with Gasteiger partial charge in [0.05, 0.1) is 11.5 Å². The summed E-state index contributed by atoms with van der Waals surface area (Å²) in [5.41, 5.74) is 5.94.